The summed E-state index contributed by atoms with van der Waals surface area (Å²) >= 11 is 0. The van der Waals surface area contributed by atoms with Gasteiger partial charge in [-0.2, -0.15) is 0 Å². The number of carbonyl (C=O) groups excluding carboxylic acids is 1. The molecular weight excluding hydrogens is 427 g/mol. The van der Waals surface area contributed by atoms with Gasteiger partial charge < -0.3 is 14.7 Å². The van der Waals surface area contributed by atoms with E-state index in [-0.39, 0.29) is 28.0 Å². The fourth-order valence-electron chi connectivity index (χ4n) is 3.46. The van der Waals surface area contributed by atoms with Crippen molar-refractivity contribution in [2.45, 2.75) is 24.7 Å². The number of benzene rings is 2. The lowest BCUT2D eigenvalue weighted by molar-refractivity contribution is -0.148. The molecular formula is C21H23FN2O6S. The van der Waals surface area contributed by atoms with Gasteiger partial charge in [-0.25, -0.2) is 17.6 Å². The molecule has 0 atom stereocenters. The highest BCUT2D eigenvalue weighted by molar-refractivity contribution is 7.92. The largest absolute Gasteiger partial charge is 0.478 e. The van der Waals surface area contributed by atoms with Gasteiger partial charge >= 0.3 is 11.9 Å². The van der Waals surface area contributed by atoms with Crippen LogP contribution in [0.2, 0.25) is 0 Å². The van der Waals surface area contributed by atoms with Crippen molar-refractivity contribution >= 4 is 33.3 Å². The fourth-order valence-corrected chi connectivity index (χ4v) is 4.53. The Balaban J connectivity index is 1.87. The number of esters is 1. The number of piperidine rings is 1. The number of sulfonamides is 1. The number of ether oxygens (including phenoxy) is 1. The predicted octanol–water partition coefficient (Wildman–Crippen LogP) is 3.10. The molecule has 1 aliphatic heterocycles. The number of nitrogens with zero attached hydrogens (tertiary/aromatic N) is 1. The first kappa shape index (κ1) is 22.5. The van der Waals surface area contributed by atoms with Crippen LogP contribution >= 0.6 is 0 Å². The highest BCUT2D eigenvalue weighted by Crippen LogP contribution is 2.33. The van der Waals surface area contributed by atoms with Gasteiger partial charge in [0.1, 0.15) is 5.82 Å². The zero-order chi connectivity index (χ0) is 22.6. The maximum absolute atomic E-state index is 13.2. The number of carboxylic acids is 1. The van der Waals surface area contributed by atoms with Crippen molar-refractivity contribution < 1.29 is 32.2 Å². The van der Waals surface area contributed by atoms with Crippen LogP contribution in [0.4, 0.5) is 15.8 Å². The van der Waals surface area contributed by atoms with Gasteiger partial charge in [0.25, 0.3) is 10.0 Å². The van der Waals surface area contributed by atoms with Crippen LogP contribution in [0.1, 0.15) is 30.1 Å². The third kappa shape index (κ3) is 5.32. The van der Waals surface area contributed by atoms with Crippen molar-refractivity contribution in [3.05, 3.63) is 53.8 Å². The number of anilines is 2. The first-order valence-corrected chi connectivity index (χ1v) is 11.3. The SMILES string of the molecule is CCOC(=O)C1CCN(c2ccc(C(=O)O)cc2NS(=O)(=O)c2ccc(F)cc2)CC1. The molecule has 1 saturated heterocycles. The first-order chi connectivity index (χ1) is 14.7. The topological polar surface area (TPSA) is 113 Å². The first-order valence-electron chi connectivity index (χ1n) is 9.78. The minimum absolute atomic E-state index is 0.0815. The Kier molecular flexibility index (Phi) is 6.79. The summed E-state index contributed by atoms with van der Waals surface area (Å²) in [5.41, 5.74) is 0.513. The molecule has 0 bridgehead atoms. The number of halogens is 1. The van der Waals surface area contributed by atoms with Gasteiger partial charge in [0, 0.05) is 13.1 Å². The zero-order valence-electron chi connectivity index (χ0n) is 16.9. The second-order valence-corrected chi connectivity index (χ2v) is 8.79. The van der Waals surface area contributed by atoms with Crippen molar-refractivity contribution in [1.29, 1.82) is 0 Å². The Hall–Kier alpha value is -3.14. The molecule has 0 amide bonds. The van der Waals surface area contributed by atoms with Crippen molar-refractivity contribution in [3.63, 3.8) is 0 Å². The Morgan fingerprint density at radius 2 is 1.81 bits per heavy atom. The van der Waals surface area contributed by atoms with Gasteiger partial charge in [0.15, 0.2) is 0 Å². The van der Waals surface area contributed by atoms with Crippen LogP contribution in [0, 0.1) is 11.7 Å². The standard InChI is InChI=1S/C21H23FN2O6S/c1-2-30-21(27)14-9-11-24(12-10-14)19-8-3-15(20(25)26)13-18(19)23-31(28,29)17-6-4-16(22)5-7-17/h3-8,13-14,23H,2,9-12H2,1H3,(H,25,26). The minimum atomic E-state index is -4.08. The number of aromatic carboxylic acids is 1. The van der Waals surface area contributed by atoms with Crippen LogP contribution in [-0.4, -0.2) is 45.2 Å². The molecule has 8 nitrogen and oxygen atoms in total. The van der Waals surface area contributed by atoms with E-state index in [0.29, 0.717) is 38.2 Å². The van der Waals surface area contributed by atoms with Gasteiger partial charge in [-0.05, 0) is 62.2 Å². The second-order valence-electron chi connectivity index (χ2n) is 7.11. The van der Waals surface area contributed by atoms with Crippen LogP contribution in [0.5, 0.6) is 0 Å². The molecule has 31 heavy (non-hydrogen) atoms. The van der Waals surface area contributed by atoms with Crippen molar-refractivity contribution in [2.75, 3.05) is 29.3 Å². The zero-order valence-corrected chi connectivity index (χ0v) is 17.7. The van der Waals surface area contributed by atoms with Crippen LogP contribution in [0.15, 0.2) is 47.4 Å². The van der Waals surface area contributed by atoms with E-state index in [4.69, 9.17) is 4.74 Å². The summed E-state index contributed by atoms with van der Waals surface area (Å²) in [6.07, 6.45) is 1.06. The number of nitrogens with one attached hydrogen (secondary N) is 1. The van der Waals surface area contributed by atoms with Crippen molar-refractivity contribution in [3.8, 4) is 0 Å². The third-order valence-electron chi connectivity index (χ3n) is 5.07. The lowest BCUT2D eigenvalue weighted by Crippen LogP contribution is -2.37. The summed E-state index contributed by atoms with van der Waals surface area (Å²) in [5, 5.41) is 9.32. The lowest BCUT2D eigenvalue weighted by Gasteiger charge is -2.34. The van der Waals surface area contributed by atoms with E-state index in [9.17, 15) is 27.5 Å². The van der Waals surface area contributed by atoms with Gasteiger partial charge in [-0.1, -0.05) is 0 Å². The van der Waals surface area contributed by atoms with Crippen LogP contribution in [0.25, 0.3) is 0 Å². The summed E-state index contributed by atoms with van der Waals surface area (Å²) in [5.74, 6) is -2.25. The van der Waals surface area contributed by atoms with E-state index in [2.05, 4.69) is 4.72 Å². The summed E-state index contributed by atoms with van der Waals surface area (Å²) in [6.45, 7) is 3.00. The average molecular weight is 450 g/mol. The van der Waals surface area contributed by atoms with E-state index in [1.54, 1.807) is 6.92 Å². The molecule has 0 unspecified atom stereocenters. The van der Waals surface area contributed by atoms with E-state index >= 15 is 0 Å². The smallest absolute Gasteiger partial charge is 0.335 e. The third-order valence-corrected chi connectivity index (χ3v) is 6.45. The quantitative estimate of drug-likeness (QED) is 0.623. The highest BCUT2D eigenvalue weighted by Gasteiger charge is 2.28. The second kappa shape index (κ2) is 9.34. The Labute approximate surface area is 179 Å². The molecule has 1 fully saturated rings. The Morgan fingerprint density at radius 3 is 2.39 bits per heavy atom. The van der Waals surface area contributed by atoms with E-state index < -0.39 is 21.8 Å². The van der Waals surface area contributed by atoms with Crippen LogP contribution in [0.3, 0.4) is 0 Å². The molecule has 0 aromatic heterocycles. The van der Waals surface area contributed by atoms with Gasteiger partial charge in [-0.15, -0.1) is 0 Å². The highest BCUT2D eigenvalue weighted by atomic mass is 32.2. The molecule has 0 spiro atoms. The maximum Gasteiger partial charge on any atom is 0.335 e. The number of carboxylic acid groups (broad SMARTS) is 1. The van der Waals surface area contributed by atoms with Gasteiger partial charge in [0.2, 0.25) is 0 Å². The number of carbonyl (C=O) groups is 2. The predicted molar refractivity (Wildman–Crippen MR) is 112 cm³/mol. The summed E-state index contributed by atoms with van der Waals surface area (Å²) in [7, 11) is -4.08. The fraction of sp³-hybridized carbons (Fsp3) is 0.333. The van der Waals surface area contributed by atoms with E-state index in [0.717, 1.165) is 24.3 Å². The summed E-state index contributed by atoms with van der Waals surface area (Å²) < 4.78 is 46.2. The Bertz CT molecular complexity index is 1060. The minimum Gasteiger partial charge on any atom is -0.478 e. The molecule has 1 heterocycles. The molecule has 2 aromatic carbocycles. The van der Waals surface area contributed by atoms with E-state index in [1.807, 2.05) is 4.90 Å². The average Bonchev–Trinajstić information content (AvgIpc) is 2.74. The number of rotatable bonds is 7. The molecule has 3 rings (SSSR count). The van der Waals surface area contributed by atoms with Gasteiger partial charge in [0.05, 0.1) is 34.4 Å². The molecule has 2 aromatic rings. The Morgan fingerprint density at radius 1 is 1.16 bits per heavy atom. The van der Waals surface area contributed by atoms with Gasteiger partial charge in [-0.3, -0.25) is 9.52 Å². The lowest BCUT2D eigenvalue weighted by atomic mass is 9.96. The van der Waals surface area contributed by atoms with Crippen LogP contribution < -0.4 is 9.62 Å². The maximum atomic E-state index is 13.2. The molecule has 166 valence electrons. The van der Waals surface area contributed by atoms with Crippen LogP contribution in [-0.2, 0) is 19.6 Å². The molecule has 1 aliphatic rings. The number of hydrogen-bond donors (Lipinski definition) is 2. The van der Waals surface area contributed by atoms with Crippen molar-refractivity contribution in [2.24, 2.45) is 5.92 Å². The normalized spacial score (nSPS) is 14.8. The molecule has 2 N–H and O–H groups in total. The summed E-state index contributed by atoms with van der Waals surface area (Å²) in [4.78, 5) is 25.1. The molecule has 0 saturated carbocycles. The number of hydrogen-bond acceptors (Lipinski definition) is 6. The molecule has 0 radical (unpaired) electrons. The van der Waals surface area contributed by atoms with E-state index in [1.165, 1.54) is 18.2 Å². The molecule has 10 heteroatoms. The summed E-state index contributed by atoms with van der Waals surface area (Å²) in [6, 6.07) is 8.50. The molecule has 0 aliphatic carbocycles. The monoisotopic (exact) mass is 450 g/mol. The van der Waals surface area contributed by atoms with Crippen molar-refractivity contribution in [1.82, 2.24) is 0 Å².